The molecule has 2 N–H and O–H groups in total. The molecule has 1 aliphatic heterocycles. The van der Waals surface area contributed by atoms with Gasteiger partial charge in [0.2, 0.25) is 5.91 Å². The number of sulfonamides is 1. The fraction of sp³-hybridized carbons (Fsp3) is 0.300. The number of benzene rings is 2. The summed E-state index contributed by atoms with van der Waals surface area (Å²) in [5.74, 6) is 0.189. The quantitative estimate of drug-likeness (QED) is 0.818. The van der Waals surface area contributed by atoms with Crippen LogP contribution in [0.4, 0.5) is 11.4 Å². The first kappa shape index (κ1) is 19.1. The molecule has 6 nitrogen and oxygen atoms in total. The molecule has 0 saturated heterocycles. The smallest absolute Gasteiger partial charge is 0.286 e. The minimum Gasteiger partial charge on any atom is -0.342 e. The maximum absolute atomic E-state index is 12.3. The van der Waals surface area contributed by atoms with Crippen LogP contribution in [0.15, 0.2) is 51.8 Å². The molecule has 1 atom stereocenters. The first-order valence-corrected chi connectivity index (χ1v) is 10.3. The van der Waals surface area contributed by atoms with E-state index in [2.05, 4.69) is 15.0 Å². The van der Waals surface area contributed by atoms with E-state index in [0.29, 0.717) is 17.9 Å². The van der Waals surface area contributed by atoms with Crippen molar-refractivity contribution in [1.29, 1.82) is 0 Å². The Hall–Kier alpha value is -2.67. The average molecular weight is 385 g/mol. The summed E-state index contributed by atoms with van der Waals surface area (Å²) >= 11 is 0. The van der Waals surface area contributed by atoms with Gasteiger partial charge in [-0.05, 0) is 55.2 Å². The SMILES string of the molecule is Cc1ccc(NC(=O)CC(C)CC2=NS(=O)(=O)c3ccccc3N2)cc1C. The number of hydrogen-bond acceptors (Lipinski definition) is 4. The predicted octanol–water partition coefficient (Wildman–Crippen LogP) is 3.87. The molecule has 1 amide bonds. The molecule has 0 aromatic heterocycles. The van der Waals surface area contributed by atoms with E-state index in [0.717, 1.165) is 11.3 Å². The van der Waals surface area contributed by atoms with Crippen molar-refractivity contribution in [2.45, 2.75) is 38.5 Å². The van der Waals surface area contributed by atoms with Crippen LogP contribution in [-0.2, 0) is 14.8 Å². The van der Waals surface area contributed by atoms with Crippen LogP contribution < -0.4 is 10.6 Å². The van der Waals surface area contributed by atoms with E-state index in [1.54, 1.807) is 18.2 Å². The van der Waals surface area contributed by atoms with Crippen molar-refractivity contribution in [1.82, 2.24) is 0 Å². The van der Waals surface area contributed by atoms with Crippen LogP contribution in [0.2, 0.25) is 0 Å². The summed E-state index contributed by atoms with van der Waals surface area (Å²) in [7, 11) is -3.70. The number of amidine groups is 1. The Morgan fingerprint density at radius 1 is 1.15 bits per heavy atom. The summed E-state index contributed by atoms with van der Waals surface area (Å²) in [4.78, 5) is 12.5. The lowest BCUT2D eigenvalue weighted by molar-refractivity contribution is -0.116. The molecule has 0 radical (unpaired) electrons. The van der Waals surface area contributed by atoms with Crippen LogP contribution in [0.5, 0.6) is 0 Å². The van der Waals surface area contributed by atoms with Gasteiger partial charge < -0.3 is 10.6 Å². The molecule has 2 aromatic carbocycles. The van der Waals surface area contributed by atoms with Crippen LogP contribution in [0, 0.1) is 19.8 Å². The molecule has 1 heterocycles. The van der Waals surface area contributed by atoms with Crippen molar-refractivity contribution in [3.05, 3.63) is 53.6 Å². The topological polar surface area (TPSA) is 87.6 Å². The Bertz CT molecular complexity index is 1010. The van der Waals surface area contributed by atoms with Gasteiger partial charge in [-0.15, -0.1) is 4.40 Å². The first-order chi connectivity index (χ1) is 12.7. The Morgan fingerprint density at radius 2 is 1.89 bits per heavy atom. The lowest BCUT2D eigenvalue weighted by Crippen LogP contribution is -2.25. The van der Waals surface area contributed by atoms with E-state index in [1.807, 2.05) is 39.0 Å². The summed E-state index contributed by atoms with van der Waals surface area (Å²) < 4.78 is 28.4. The molecule has 0 fully saturated rings. The van der Waals surface area contributed by atoms with Crippen LogP contribution >= 0.6 is 0 Å². The summed E-state index contributed by atoms with van der Waals surface area (Å²) in [6, 6.07) is 12.5. The fourth-order valence-corrected chi connectivity index (χ4v) is 4.16. The highest BCUT2D eigenvalue weighted by atomic mass is 32.2. The van der Waals surface area contributed by atoms with Crippen LogP contribution in [0.25, 0.3) is 0 Å². The molecular formula is C20H23N3O3S. The number of nitrogens with one attached hydrogen (secondary N) is 2. The zero-order chi connectivity index (χ0) is 19.6. The van der Waals surface area contributed by atoms with E-state index >= 15 is 0 Å². The second-order valence-corrected chi connectivity index (χ2v) is 8.57. The van der Waals surface area contributed by atoms with Gasteiger partial charge in [-0.25, -0.2) is 0 Å². The number of rotatable bonds is 5. The van der Waals surface area contributed by atoms with Gasteiger partial charge in [0.05, 0.1) is 5.69 Å². The van der Waals surface area contributed by atoms with Crippen molar-refractivity contribution in [2.24, 2.45) is 10.3 Å². The van der Waals surface area contributed by atoms with Gasteiger partial charge in [-0.2, -0.15) is 8.42 Å². The van der Waals surface area contributed by atoms with E-state index < -0.39 is 10.0 Å². The van der Waals surface area contributed by atoms with Crippen LogP contribution in [0.3, 0.4) is 0 Å². The third-order valence-corrected chi connectivity index (χ3v) is 5.91. The number of carbonyl (C=O) groups is 1. The molecule has 2 aromatic rings. The maximum Gasteiger partial charge on any atom is 0.286 e. The maximum atomic E-state index is 12.3. The Labute approximate surface area is 159 Å². The highest BCUT2D eigenvalue weighted by molar-refractivity contribution is 7.90. The van der Waals surface area contributed by atoms with Crippen molar-refractivity contribution in [3.63, 3.8) is 0 Å². The molecule has 1 unspecified atom stereocenters. The predicted molar refractivity (Wildman–Crippen MR) is 108 cm³/mol. The molecule has 7 heteroatoms. The molecule has 0 aliphatic carbocycles. The standard InChI is InChI=1S/C20H23N3O3S/c1-13(11-20(24)21-16-9-8-14(2)15(3)12-16)10-19-22-17-6-4-5-7-18(17)27(25,26)23-19/h4-9,12-13H,10-11H2,1-3H3,(H,21,24)(H,22,23). The molecule has 27 heavy (non-hydrogen) atoms. The van der Waals surface area contributed by atoms with E-state index in [9.17, 15) is 13.2 Å². The zero-order valence-corrected chi connectivity index (χ0v) is 16.4. The lowest BCUT2D eigenvalue weighted by atomic mass is 10.0. The summed E-state index contributed by atoms with van der Waals surface area (Å²) in [6.45, 7) is 5.92. The second kappa shape index (κ2) is 7.52. The third kappa shape index (κ3) is 4.54. The summed E-state index contributed by atoms with van der Waals surface area (Å²) in [5.41, 5.74) is 3.57. The minimum absolute atomic E-state index is 0.0664. The average Bonchev–Trinajstić information content (AvgIpc) is 2.57. The van der Waals surface area contributed by atoms with Crippen molar-refractivity contribution in [3.8, 4) is 0 Å². The molecule has 0 saturated carbocycles. The molecule has 142 valence electrons. The van der Waals surface area contributed by atoms with Crippen molar-refractivity contribution >= 4 is 33.1 Å². The van der Waals surface area contributed by atoms with E-state index in [1.165, 1.54) is 11.6 Å². The van der Waals surface area contributed by atoms with Crippen LogP contribution in [0.1, 0.15) is 30.9 Å². The Balaban J connectivity index is 1.62. The third-order valence-electron chi connectivity index (χ3n) is 4.54. The molecule has 0 bridgehead atoms. The summed E-state index contributed by atoms with van der Waals surface area (Å²) in [6.07, 6.45) is 0.642. The number of amides is 1. The molecule has 1 aliphatic rings. The Morgan fingerprint density at radius 3 is 2.63 bits per heavy atom. The summed E-state index contributed by atoms with van der Waals surface area (Å²) in [5, 5.41) is 5.95. The number of hydrogen-bond donors (Lipinski definition) is 2. The first-order valence-electron chi connectivity index (χ1n) is 8.81. The number of fused-ring (bicyclic) bond motifs is 1. The molecular weight excluding hydrogens is 362 g/mol. The largest absolute Gasteiger partial charge is 0.342 e. The van der Waals surface area contributed by atoms with Gasteiger partial charge in [-0.3, -0.25) is 4.79 Å². The highest BCUT2D eigenvalue weighted by Crippen LogP contribution is 2.28. The van der Waals surface area contributed by atoms with Gasteiger partial charge in [0, 0.05) is 18.5 Å². The number of aryl methyl sites for hydroxylation is 2. The van der Waals surface area contributed by atoms with E-state index in [4.69, 9.17) is 0 Å². The van der Waals surface area contributed by atoms with Gasteiger partial charge in [0.25, 0.3) is 10.0 Å². The monoisotopic (exact) mass is 385 g/mol. The second-order valence-electron chi connectivity index (χ2n) is 6.99. The molecule has 3 rings (SSSR count). The minimum atomic E-state index is -3.70. The highest BCUT2D eigenvalue weighted by Gasteiger charge is 2.25. The van der Waals surface area contributed by atoms with Crippen molar-refractivity contribution in [2.75, 3.05) is 10.6 Å². The van der Waals surface area contributed by atoms with E-state index in [-0.39, 0.29) is 23.1 Å². The molecule has 0 spiro atoms. The number of carbonyl (C=O) groups excluding carboxylic acids is 1. The van der Waals surface area contributed by atoms with Gasteiger partial charge in [0.15, 0.2) is 0 Å². The lowest BCUT2D eigenvalue weighted by Gasteiger charge is -2.20. The van der Waals surface area contributed by atoms with Gasteiger partial charge in [0.1, 0.15) is 10.7 Å². The Kier molecular flexibility index (Phi) is 5.32. The normalized spacial score (nSPS) is 15.9. The fourth-order valence-electron chi connectivity index (χ4n) is 3.01. The van der Waals surface area contributed by atoms with Crippen molar-refractivity contribution < 1.29 is 13.2 Å². The van der Waals surface area contributed by atoms with Gasteiger partial charge >= 0.3 is 0 Å². The zero-order valence-electron chi connectivity index (χ0n) is 15.6. The number of anilines is 2. The number of para-hydroxylation sites is 1. The van der Waals surface area contributed by atoms with Crippen LogP contribution in [-0.4, -0.2) is 20.2 Å². The number of nitrogens with zero attached hydrogens (tertiary/aromatic N) is 1. The van der Waals surface area contributed by atoms with Gasteiger partial charge in [-0.1, -0.05) is 25.1 Å².